The van der Waals surface area contributed by atoms with Crippen LogP contribution in [0, 0.1) is 5.82 Å². The SMILES string of the molecule is O=C1S[C@H](Cc2ccc(F)cc2)C(=O)N1Cc1ccccc1. The number of rotatable bonds is 4. The van der Waals surface area contributed by atoms with Crippen LogP contribution in [0.15, 0.2) is 54.6 Å². The summed E-state index contributed by atoms with van der Waals surface area (Å²) in [6.45, 7) is 0.297. The molecule has 0 saturated carbocycles. The van der Waals surface area contributed by atoms with Gasteiger partial charge in [-0.3, -0.25) is 14.5 Å². The first kappa shape index (κ1) is 14.8. The molecule has 2 amide bonds. The number of carbonyl (C=O) groups is 2. The van der Waals surface area contributed by atoms with Crippen molar-refractivity contribution in [3.8, 4) is 0 Å². The molecule has 112 valence electrons. The zero-order valence-electron chi connectivity index (χ0n) is 11.7. The van der Waals surface area contributed by atoms with E-state index in [2.05, 4.69) is 0 Å². The molecule has 0 spiro atoms. The van der Waals surface area contributed by atoms with Crippen molar-refractivity contribution in [3.63, 3.8) is 0 Å². The van der Waals surface area contributed by atoms with Gasteiger partial charge in [0, 0.05) is 0 Å². The number of amides is 2. The normalized spacial score (nSPS) is 18.0. The van der Waals surface area contributed by atoms with Crippen molar-refractivity contribution in [3.05, 3.63) is 71.5 Å². The van der Waals surface area contributed by atoms with Gasteiger partial charge < -0.3 is 0 Å². The predicted octanol–water partition coefficient (Wildman–Crippen LogP) is 3.63. The second-order valence-electron chi connectivity index (χ2n) is 5.11. The molecular formula is C17H14FNO2S. The Bertz CT molecular complexity index is 688. The van der Waals surface area contributed by atoms with Crippen molar-refractivity contribution in [2.45, 2.75) is 18.2 Å². The largest absolute Gasteiger partial charge is 0.289 e. The van der Waals surface area contributed by atoms with Gasteiger partial charge in [-0.2, -0.15) is 0 Å². The summed E-state index contributed by atoms with van der Waals surface area (Å²) in [4.78, 5) is 25.7. The minimum Gasteiger partial charge on any atom is -0.273 e. The summed E-state index contributed by atoms with van der Waals surface area (Å²) >= 11 is 1.04. The van der Waals surface area contributed by atoms with Crippen molar-refractivity contribution in [2.24, 2.45) is 0 Å². The lowest BCUT2D eigenvalue weighted by Crippen LogP contribution is -2.31. The van der Waals surface area contributed by atoms with Gasteiger partial charge in [-0.15, -0.1) is 0 Å². The lowest BCUT2D eigenvalue weighted by molar-refractivity contribution is -0.127. The number of thioether (sulfide) groups is 1. The van der Waals surface area contributed by atoms with E-state index >= 15 is 0 Å². The fraction of sp³-hybridized carbons (Fsp3) is 0.176. The van der Waals surface area contributed by atoms with Gasteiger partial charge in [0.05, 0.1) is 11.8 Å². The lowest BCUT2D eigenvalue weighted by atomic mass is 10.1. The van der Waals surface area contributed by atoms with Gasteiger partial charge in [-0.25, -0.2) is 4.39 Å². The van der Waals surface area contributed by atoms with Gasteiger partial charge in [0.1, 0.15) is 5.82 Å². The summed E-state index contributed by atoms with van der Waals surface area (Å²) in [5.74, 6) is -0.487. The predicted molar refractivity (Wildman–Crippen MR) is 83.9 cm³/mol. The third kappa shape index (κ3) is 3.20. The van der Waals surface area contributed by atoms with Crippen LogP contribution in [0.25, 0.3) is 0 Å². The minimum atomic E-state index is -0.429. The average Bonchev–Trinajstić information content (AvgIpc) is 2.78. The van der Waals surface area contributed by atoms with E-state index in [9.17, 15) is 14.0 Å². The van der Waals surface area contributed by atoms with Gasteiger partial charge in [0.15, 0.2) is 0 Å². The number of imide groups is 1. The Hall–Kier alpha value is -2.14. The molecule has 5 heteroatoms. The molecule has 1 aliphatic heterocycles. The number of carbonyl (C=O) groups excluding carboxylic acids is 2. The Balaban J connectivity index is 1.70. The van der Waals surface area contributed by atoms with E-state index in [-0.39, 0.29) is 17.0 Å². The molecule has 0 unspecified atom stereocenters. The van der Waals surface area contributed by atoms with Crippen LogP contribution in [-0.2, 0) is 17.8 Å². The molecule has 1 fully saturated rings. The number of nitrogens with zero attached hydrogens (tertiary/aromatic N) is 1. The smallest absolute Gasteiger partial charge is 0.273 e. The van der Waals surface area contributed by atoms with E-state index < -0.39 is 5.25 Å². The zero-order valence-corrected chi connectivity index (χ0v) is 12.6. The molecule has 3 rings (SSSR count). The van der Waals surface area contributed by atoms with Crippen molar-refractivity contribution in [1.29, 1.82) is 0 Å². The third-order valence-electron chi connectivity index (χ3n) is 3.52. The highest BCUT2D eigenvalue weighted by Crippen LogP contribution is 2.30. The topological polar surface area (TPSA) is 37.4 Å². The molecule has 0 aromatic heterocycles. The van der Waals surface area contributed by atoms with E-state index in [0.717, 1.165) is 22.9 Å². The van der Waals surface area contributed by atoms with E-state index in [1.807, 2.05) is 30.3 Å². The molecule has 2 aromatic carbocycles. The molecule has 1 atom stereocenters. The molecule has 0 bridgehead atoms. The monoisotopic (exact) mass is 315 g/mol. The first-order chi connectivity index (χ1) is 10.6. The summed E-state index contributed by atoms with van der Waals surface area (Å²) in [5.41, 5.74) is 1.77. The van der Waals surface area contributed by atoms with E-state index in [1.165, 1.54) is 17.0 Å². The Morgan fingerprint density at radius 2 is 1.64 bits per heavy atom. The highest BCUT2D eigenvalue weighted by atomic mass is 32.2. The first-order valence-corrected chi connectivity index (χ1v) is 7.82. The van der Waals surface area contributed by atoms with Crippen LogP contribution in [-0.4, -0.2) is 21.3 Å². The Labute approximate surface area is 132 Å². The molecule has 1 aliphatic rings. The molecule has 0 N–H and O–H groups in total. The van der Waals surface area contributed by atoms with E-state index in [4.69, 9.17) is 0 Å². The Kier molecular flexibility index (Phi) is 4.24. The van der Waals surface area contributed by atoms with Crippen LogP contribution in [0.4, 0.5) is 9.18 Å². The number of hydrogen-bond donors (Lipinski definition) is 0. The summed E-state index contributed by atoms with van der Waals surface area (Å²) < 4.78 is 12.9. The summed E-state index contributed by atoms with van der Waals surface area (Å²) in [7, 11) is 0. The molecular weight excluding hydrogens is 301 g/mol. The maximum Gasteiger partial charge on any atom is 0.289 e. The second kappa shape index (κ2) is 6.32. The standard InChI is InChI=1S/C17H14FNO2S/c18-14-8-6-12(7-9-14)10-15-16(20)19(17(21)22-15)11-13-4-2-1-3-5-13/h1-9,15H,10-11H2/t15-/m1/s1. The van der Waals surface area contributed by atoms with Gasteiger partial charge in [0.25, 0.3) is 5.24 Å². The van der Waals surface area contributed by atoms with Crippen molar-refractivity contribution >= 4 is 22.9 Å². The Morgan fingerprint density at radius 1 is 0.955 bits per heavy atom. The fourth-order valence-electron chi connectivity index (χ4n) is 2.37. The average molecular weight is 315 g/mol. The van der Waals surface area contributed by atoms with Crippen molar-refractivity contribution in [2.75, 3.05) is 0 Å². The quantitative estimate of drug-likeness (QED) is 0.864. The molecule has 0 aliphatic carbocycles. The minimum absolute atomic E-state index is 0.178. The zero-order chi connectivity index (χ0) is 15.5. The highest BCUT2D eigenvalue weighted by molar-refractivity contribution is 8.15. The van der Waals surface area contributed by atoms with E-state index in [0.29, 0.717) is 13.0 Å². The number of benzene rings is 2. The molecule has 2 aromatic rings. The van der Waals surface area contributed by atoms with Crippen LogP contribution >= 0.6 is 11.8 Å². The second-order valence-corrected chi connectivity index (χ2v) is 6.27. The maximum atomic E-state index is 12.9. The summed E-state index contributed by atoms with van der Waals surface area (Å²) in [6.07, 6.45) is 0.431. The van der Waals surface area contributed by atoms with Crippen LogP contribution < -0.4 is 0 Å². The van der Waals surface area contributed by atoms with Crippen LogP contribution in [0.2, 0.25) is 0 Å². The van der Waals surface area contributed by atoms with Gasteiger partial charge in [-0.1, -0.05) is 54.2 Å². The summed E-state index contributed by atoms with van der Waals surface area (Å²) in [6, 6.07) is 15.4. The Morgan fingerprint density at radius 3 is 2.32 bits per heavy atom. The molecule has 0 radical (unpaired) electrons. The van der Waals surface area contributed by atoms with E-state index in [1.54, 1.807) is 12.1 Å². The maximum absolute atomic E-state index is 12.9. The molecule has 3 nitrogen and oxygen atoms in total. The third-order valence-corrected chi connectivity index (χ3v) is 4.60. The van der Waals surface area contributed by atoms with Gasteiger partial charge >= 0.3 is 0 Å². The van der Waals surface area contributed by atoms with Crippen molar-refractivity contribution in [1.82, 2.24) is 4.90 Å². The molecule has 1 saturated heterocycles. The lowest BCUT2D eigenvalue weighted by Gasteiger charge is -2.14. The van der Waals surface area contributed by atoms with Crippen LogP contribution in [0.3, 0.4) is 0 Å². The van der Waals surface area contributed by atoms with Gasteiger partial charge in [-0.05, 0) is 29.7 Å². The number of hydrogen-bond acceptors (Lipinski definition) is 3. The first-order valence-electron chi connectivity index (χ1n) is 6.94. The molecule has 22 heavy (non-hydrogen) atoms. The van der Waals surface area contributed by atoms with Crippen LogP contribution in [0.1, 0.15) is 11.1 Å². The highest BCUT2D eigenvalue weighted by Gasteiger charge is 2.39. The summed E-state index contributed by atoms with van der Waals surface area (Å²) in [5, 5.41) is -0.650. The fourth-order valence-corrected chi connectivity index (χ4v) is 3.40. The molecule has 1 heterocycles. The van der Waals surface area contributed by atoms with Crippen molar-refractivity contribution < 1.29 is 14.0 Å². The van der Waals surface area contributed by atoms with Crippen LogP contribution in [0.5, 0.6) is 0 Å². The van der Waals surface area contributed by atoms with Gasteiger partial charge in [0.2, 0.25) is 5.91 Å². The number of halogens is 1.